The molecule has 4 heteroatoms. The van der Waals surface area contributed by atoms with Gasteiger partial charge in [-0.3, -0.25) is 0 Å². The zero-order valence-corrected chi connectivity index (χ0v) is 11.7. The first-order valence-electron chi connectivity index (χ1n) is 6.29. The Balaban J connectivity index is 4.69. The van der Waals surface area contributed by atoms with Crippen LogP contribution in [-0.2, 0) is 9.53 Å². The Morgan fingerprint density at radius 1 is 1.35 bits per heavy atom. The van der Waals surface area contributed by atoms with Gasteiger partial charge in [0.05, 0.1) is 0 Å². The first kappa shape index (κ1) is 15.9. The van der Waals surface area contributed by atoms with E-state index in [4.69, 9.17) is 4.74 Å². The van der Waals surface area contributed by atoms with Crippen molar-refractivity contribution >= 4 is 12.4 Å². The average molecular weight is 243 g/mol. The van der Waals surface area contributed by atoms with Crippen molar-refractivity contribution in [1.82, 2.24) is 4.90 Å². The smallest absolute Gasteiger partial charge is 0.410 e. The first-order valence-corrected chi connectivity index (χ1v) is 6.29. The molecule has 0 saturated heterocycles. The maximum Gasteiger partial charge on any atom is 0.410 e. The van der Waals surface area contributed by atoms with Crippen molar-refractivity contribution < 1.29 is 14.3 Å². The second-order valence-corrected chi connectivity index (χ2v) is 5.14. The van der Waals surface area contributed by atoms with Crippen LogP contribution in [0.1, 0.15) is 53.9 Å². The van der Waals surface area contributed by atoms with Gasteiger partial charge in [0.1, 0.15) is 11.9 Å². The molecule has 0 saturated carbocycles. The number of nitrogens with zero attached hydrogens (tertiary/aromatic N) is 1. The van der Waals surface area contributed by atoms with E-state index in [0.29, 0.717) is 13.0 Å². The zero-order chi connectivity index (χ0) is 13.5. The average Bonchev–Trinajstić information content (AvgIpc) is 2.20. The molecule has 0 rings (SSSR count). The second-order valence-electron chi connectivity index (χ2n) is 5.14. The van der Waals surface area contributed by atoms with Gasteiger partial charge in [-0.1, -0.05) is 13.8 Å². The summed E-state index contributed by atoms with van der Waals surface area (Å²) in [5.41, 5.74) is -0.497. The van der Waals surface area contributed by atoms with Gasteiger partial charge in [0.2, 0.25) is 0 Å². The Labute approximate surface area is 104 Å². The Morgan fingerprint density at radius 3 is 2.29 bits per heavy atom. The molecule has 1 unspecified atom stereocenters. The molecule has 0 heterocycles. The van der Waals surface area contributed by atoms with Crippen molar-refractivity contribution in [2.45, 2.75) is 65.5 Å². The quantitative estimate of drug-likeness (QED) is 0.674. The van der Waals surface area contributed by atoms with Crippen LogP contribution in [0.2, 0.25) is 0 Å². The van der Waals surface area contributed by atoms with Gasteiger partial charge in [0.15, 0.2) is 0 Å². The number of carbonyl (C=O) groups excluding carboxylic acids is 2. The van der Waals surface area contributed by atoms with E-state index in [1.807, 2.05) is 34.6 Å². The molecule has 4 nitrogen and oxygen atoms in total. The maximum absolute atomic E-state index is 12.0. The number of aldehydes is 1. The molecule has 17 heavy (non-hydrogen) atoms. The summed E-state index contributed by atoms with van der Waals surface area (Å²) >= 11 is 0. The number of rotatable bonds is 6. The highest BCUT2D eigenvalue weighted by Gasteiger charge is 2.26. The molecule has 1 amide bonds. The minimum absolute atomic E-state index is 0.0534. The molecule has 0 aliphatic carbocycles. The van der Waals surface area contributed by atoms with Crippen LogP contribution in [0.15, 0.2) is 0 Å². The highest BCUT2D eigenvalue weighted by molar-refractivity contribution is 5.69. The molecule has 0 aliphatic rings. The van der Waals surface area contributed by atoms with E-state index in [1.165, 1.54) is 0 Å². The van der Waals surface area contributed by atoms with Crippen molar-refractivity contribution in [3.05, 3.63) is 0 Å². The largest absolute Gasteiger partial charge is 0.444 e. The fourth-order valence-corrected chi connectivity index (χ4v) is 1.61. The minimum atomic E-state index is -0.497. The molecule has 0 fully saturated rings. The number of hydrogen-bond acceptors (Lipinski definition) is 3. The van der Waals surface area contributed by atoms with Crippen LogP contribution in [-0.4, -0.2) is 35.5 Å². The first-order chi connectivity index (χ1) is 7.85. The molecule has 0 aromatic carbocycles. The van der Waals surface area contributed by atoms with Gasteiger partial charge < -0.3 is 14.4 Å². The van der Waals surface area contributed by atoms with Crippen LogP contribution in [0, 0.1) is 0 Å². The van der Waals surface area contributed by atoms with E-state index < -0.39 is 5.60 Å². The summed E-state index contributed by atoms with van der Waals surface area (Å²) in [5.74, 6) is 0. The molecule has 100 valence electrons. The molecule has 0 radical (unpaired) electrons. The van der Waals surface area contributed by atoms with Crippen LogP contribution >= 0.6 is 0 Å². The highest BCUT2D eigenvalue weighted by atomic mass is 16.6. The molecular weight excluding hydrogens is 218 g/mol. The van der Waals surface area contributed by atoms with Gasteiger partial charge in [-0.25, -0.2) is 4.79 Å². The number of hydrogen-bond donors (Lipinski definition) is 0. The van der Waals surface area contributed by atoms with E-state index >= 15 is 0 Å². The topological polar surface area (TPSA) is 46.6 Å². The molecule has 0 bridgehead atoms. The molecule has 0 spiro atoms. The molecule has 0 N–H and O–H groups in total. The lowest BCUT2D eigenvalue weighted by Crippen LogP contribution is -2.43. The molecular formula is C13H25NO3. The second kappa shape index (κ2) is 7.30. The Morgan fingerprint density at radius 2 is 1.94 bits per heavy atom. The normalized spacial score (nSPS) is 13.0. The van der Waals surface area contributed by atoms with E-state index in [0.717, 1.165) is 19.1 Å². The van der Waals surface area contributed by atoms with Crippen LogP contribution in [0.5, 0.6) is 0 Å². The fourth-order valence-electron chi connectivity index (χ4n) is 1.61. The summed E-state index contributed by atoms with van der Waals surface area (Å²) < 4.78 is 5.35. The Bertz CT molecular complexity index is 246. The van der Waals surface area contributed by atoms with Gasteiger partial charge >= 0.3 is 6.09 Å². The standard InChI is InChI=1S/C13H25NO3/c1-6-9-14(11(7-2)8-10-15)12(16)17-13(3,4)5/h10-11H,6-9H2,1-5H3. The zero-order valence-electron chi connectivity index (χ0n) is 11.7. The number of amides is 1. The lowest BCUT2D eigenvalue weighted by Gasteiger charge is -2.32. The number of carbonyl (C=O) groups is 2. The van der Waals surface area contributed by atoms with E-state index in [1.54, 1.807) is 4.90 Å². The van der Waals surface area contributed by atoms with E-state index in [9.17, 15) is 9.59 Å². The summed E-state index contributed by atoms with van der Waals surface area (Å²) in [5, 5.41) is 0. The molecule has 1 atom stereocenters. The minimum Gasteiger partial charge on any atom is -0.444 e. The summed E-state index contributed by atoms with van der Waals surface area (Å²) in [6.07, 6.45) is 2.52. The van der Waals surface area contributed by atoms with Crippen molar-refractivity contribution in [3.8, 4) is 0 Å². The van der Waals surface area contributed by atoms with E-state index in [2.05, 4.69) is 0 Å². The summed E-state index contributed by atoms with van der Waals surface area (Å²) in [4.78, 5) is 24.3. The van der Waals surface area contributed by atoms with Gasteiger partial charge in [-0.15, -0.1) is 0 Å². The van der Waals surface area contributed by atoms with Crippen LogP contribution < -0.4 is 0 Å². The summed E-state index contributed by atoms with van der Waals surface area (Å²) in [6.45, 7) is 10.1. The third-order valence-electron chi connectivity index (χ3n) is 2.37. The van der Waals surface area contributed by atoms with Crippen LogP contribution in [0.4, 0.5) is 4.79 Å². The predicted molar refractivity (Wildman–Crippen MR) is 68.0 cm³/mol. The summed E-state index contributed by atoms with van der Waals surface area (Å²) in [6, 6.07) is -0.0534. The van der Waals surface area contributed by atoms with E-state index in [-0.39, 0.29) is 12.1 Å². The van der Waals surface area contributed by atoms with Gasteiger partial charge in [-0.05, 0) is 33.6 Å². The van der Waals surface area contributed by atoms with Crippen molar-refractivity contribution in [1.29, 1.82) is 0 Å². The highest BCUT2D eigenvalue weighted by Crippen LogP contribution is 2.15. The predicted octanol–water partition coefficient (Wildman–Crippen LogP) is 3.00. The van der Waals surface area contributed by atoms with Crippen molar-refractivity contribution in [2.24, 2.45) is 0 Å². The molecule has 0 aliphatic heterocycles. The van der Waals surface area contributed by atoms with Gasteiger partial charge in [-0.2, -0.15) is 0 Å². The lowest BCUT2D eigenvalue weighted by molar-refractivity contribution is -0.108. The maximum atomic E-state index is 12.0. The summed E-state index contributed by atoms with van der Waals surface area (Å²) in [7, 11) is 0. The van der Waals surface area contributed by atoms with Gasteiger partial charge in [0.25, 0.3) is 0 Å². The van der Waals surface area contributed by atoms with Gasteiger partial charge in [0, 0.05) is 19.0 Å². The SMILES string of the molecule is CCCN(C(=O)OC(C)(C)C)C(CC)CC=O. The van der Waals surface area contributed by atoms with Crippen LogP contribution in [0.3, 0.4) is 0 Å². The van der Waals surface area contributed by atoms with Crippen molar-refractivity contribution in [2.75, 3.05) is 6.54 Å². The third-order valence-corrected chi connectivity index (χ3v) is 2.37. The van der Waals surface area contributed by atoms with Crippen LogP contribution in [0.25, 0.3) is 0 Å². The van der Waals surface area contributed by atoms with Crippen molar-refractivity contribution in [3.63, 3.8) is 0 Å². The fraction of sp³-hybridized carbons (Fsp3) is 0.846. The monoisotopic (exact) mass is 243 g/mol. The lowest BCUT2D eigenvalue weighted by atomic mass is 10.1. The Kier molecular flexibility index (Phi) is 6.85. The molecule has 0 aromatic heterocycles. The number of ether oxygens (including phenoxy) is 1. The Hall–Kier alpha value is -1.06. The molecule has 0 aromatic rings. The third kappa shape index (κ3) is 6.29.